The minimum atomic E-state index is -0.249. The van der Waals surface area contributed by atoms with E-state index in [4.69, 9.17) is 9.47 Å². The standard InChI is InChI=1S/C20H35FN4O2/c1-4-22-20(24-13-15-25(2)14-7-16-26-3)23-12-5-6-17-27-19-10-8-18(21)9-11-19/h8-11H,4-7,12-17H2,1-3H3,(H2,22,23,24). The lowest BCUT2D eigenvalue weighted by atomic mass is 10.3. The number of hydrogen-bond acceptors (Lipinski definition) is 4. The highest BCUT2D eigenvalue weighted by Gasteiger charge is 2.00. The van der Waals surface area contributed by atoms with Crippen LogP contribution >= 0.6 is 0 Å². The zero-order valence-corrected chi connectivity index (χ0v) is 17.0. The molecule has 0 saturated heterocycles. The summed E-state index contributed by atoms with van der Waals surface area (Å²) < 4.78 is 23.5. The largest absolute Gasteiger partial charge is 0.494 e. The minimum absolute atomic E-state index is 0.249. The molecule has 0 aliphatic rings. The summed E-state index contributed by atoms with van der Waals surface area (Å²) in [6.07, 6.45) is 2.89. The topological polar surface area (TPSA) is 58.1 Å². The van der Waals surface area contributed by atoms with Crippen LogP contribution in [0.5, 0.6) is 5.75 Å². The van der Waals surface area contributed by atoms with Crippen LogP contribution < -0.4 is 15.4 Å². The molecule has 154 valence electrons. The Morgan fingerprint density at radius 2 is 1.85 bits per heavy atom. The number of rotatable bonds is 14. The molecule has 0 aliphatic carbocycles. The van der Waals surface area contributed by atoms with E-state index in [9.17, 15) is 4.39 Å². The summed E-state index contributed by atoms with van der Waals surface area (Å²) in [6, 6.07) is 6.10. The van der Waals surface area contributed by atoms with Crippen molar-refractivity contribution in [3.63, 3.8) is 0 Å². The summed E-state index contributed by atoms with van der Waals surface area (Å²) in [4.78, 5) is 6.87. The fourth-order valence-electron chi connectivity index (χ4n) is 2.42. The van der Waals surface area contributed by atoms with Gasteiger partial charge in [0.2, 0.25) is 0 Å². The molecule has 0 saturated carbocycles. The molecule has 1 aromatic rings. The van der Waals surface area contributed by atoms with Gasteiger partial charge in [-0.05, 0) is 57.5 Å². The number of benzene rings is 1. The first kappa shape index (κ1) is 23.2. The third kappa shape index (κ3) is 12.2. The van der Waals surface area contributed by atoms with E-state index in [2.05, 4.69) is 34.5 Å². The van der Waals surface area contributed by atoms with Crippen LogP contribution in [0.25, 0.3) is 0 Å². The lowest BCUT2D eigenvalue weighted by Gasteiger charge is -2.18. The van der Waals surface area contributed by atoms with Crippen LogP contribution in [-0.4, -0.2) is 71.0 Å². The van der Waals surface area contributed by atoms with Gasteiger partial charge in [0.05, 0.1) is 6.61 Å². The molecular formula is C20H35FN4O2. The monoisotopic (exact) mass is 382 g/mol. The second kappa shape index (κ2) is 15.2. The number of methoxy groups -OCH3 is 1. The van der Waals surface area contributed by atoms with Crippen LogP contribution in [0.15, 0.2) is 29.3 Å². The van der Waals surface area contributed by atoms with E-state index < -0.39 is 0 Å². The Bertz CT molecular complexity index is 511. The Morgan fingerprint density at radius 1 is 1.07 bits per heavy atom. The summed E-state index contributed by atoms with van der Waals surface area (Å²) >= 11 is 0. The van der Waals surface area contributed by atoms with Crippen molar-refractivity contribution in [2.45, 2.75) is 26.2 Å². The number of guanidine groups is 1. The van der Waals surface area contributed by atoms with E-state index in [-0.39, 0.29) is 5.82 Å². The van der Waals surface area contributed by atoms with Gasteiger partial charge in [-0.25, -0.2) is 4.39 Å². The van der Waals surface area contributed by atoms with Crippen LogP contribution in [-0.2, 0) is 4.74 Å². The molecule has 7 heteroatoms. The molecule has 0 atom stereocenters. The maximum absolute atomic E-state index is 12.8. The van der Waals surface area contributed by atoms with Crippen LogP contribution in [0, 0.1) is 5.82 Å². The number of unbranched alkanes of at least 4 members (excludes halogenated alkanes) is 1. The highest BCUT2D eigenvalue weighted by Crippen LogP contribution is 2.11. The third-order valence-electron chi connectivity index (χ3n) is 3.92. The van der Waals surface area contributed by atoms with E-state index in [1.165, 1.54) is 12.1 Å². The third-order valence-corrected chi connectivity index (χ3v) is 3.92. The smallest absolute Gasteiger partial charge is 0.191 e. The predicted octanol–water partition coefficient (Wildman–Crippen LogP) is 2.51. The molecule has 0 fully saturated rings. The maximum atomic E-state index is 12.8. The molecule has 0 aliphatic heterocycles. The highest BCUT2D eigenvalue weighted by atomic mass is 19.1. The van der Waals surface area contributed by atoms with Crippen molar-refractivity contribution >= 4 is 5.96 Å². The SMILES string of the molecule is CCNC(=NCCCCOc1ccc(F)cc1)NCCN(C)CCCOC. The fraction of sp³-hybridized carbons (Fsp3) is 0.650. The molecule has 0 bridgehead atoms. The first-order valence-corrected chi connectivity index (χ1v) is 9.73. The molecule has 1 aromatic carbocycles. The number of nitrogens with zero attached hydrogens (tertiary/aromatic N) is 2. The van der Waals surface area contributed by atoms with Gasteiger partial charge in [-0.2, -0.15) is 0 Å². The molecule has 0 spiro atoms. The Balaban J connectivity index is 2.15. The van der Waals surface area contributed by atoms with Gasteiger partial charge in [-0.15, -0.1) is 0 Å². The average molecular weight is 383 g/mol. The van der Waals surface area contributed by atoms with Gasteiger partial charge in [-0.3, -0.25) is 4.99 Å². The number of ether oxygens (including phenoxy) is 2. The Hall–Kier alpha value is -1.86. The molecule has 1 rings (SSSR count). The quantitative estimate of drug-likeness (QED) is 0.294. The summed E-state index contributed by atoms with van der Waals surface area (Å²) in [6.45, 7) is 7.88. The van der Waals surface area contributed by atoms with Crippen LogP contribution in [0.4, 0.5) is 4.39 Å². The van der Waals surface area contributed by atoms with Gasteiger partial charge in [-0.1, -0.05) is 0 Å². The molecule has 0 radical (unpaired) electrons. The molecule has 6 nitrogen and oxygen atoms in total. The van der Waals surface area contributed by atoms with Crippen molar-refractivity contribution in [3.05, 3.63) is 30.1 Å². The Morgan fingerprint density at radius 3 is 2.56 bits per heavy atom. The minimum Gasteiger partial charge on any atom is -0.494 e. The van der Waals surface area contributed by atoms with E-state index in [1.54, 1.807) is 19.2 Å². The van der Waals surface area contributed by atoms with Gasteiger partial charge in [0.25, 0.3) is 0 Å². The molecule has 0 aromatic heterocycles. The lowest BCUT2D eigenvalue weighted by Crippen LogP contribution is -2.41. The number of hydrogen-bond donors (Lipinski definition) is 2. The number of likely N-dealkylation sites (N-methyl/N-ethyl adjacent to an activating group) is 1. The van der Waals surface area contributed by atoms with Crippen molar-refractivity contribution in [2.75, 3.05) is 60.1 Å². The molecule has 0 amide bonds. The zero-order chi connectivity index (χ0) is 19.7. The molecule has 0 heterocycles. The Labute approximate surface area is 163 Å². The van der Waals surface area contributed by atoms with Crippen LogP contribution in [0.3, 0.4) is 0 Å². The summed E-state index contributed by atoms with van der Waals surface area (Å²) in [7, 11) is 3.85. The summed E-state index contributed by atoms with van der Waals surface area (Å²) in [5.74, 6) is 1.30. The summed E-state index contributed by atoms with van der Waals surface area (Å²) in [5, 5.41) is 6.63. The molecular weight excluding hydrogens is 347 g/mol. The molecule has 0 unspecified atom stereocenters. The number of nitrogens with one attached hydrogen (secondary N) is 2. The van der Waals surface area contributed by atoms with Crippen LogP contribution in [0.2, 0.25) is 0 Å². The van der Waals surface area contributed by atoms with Gasteiger partial charge < -0.3 is 25.0 Å². The van der Waals surface area contributed by atoms with E-state index in [0.717, 1.165) is 64.6 Å². The maximum Gasteiger partial charge on any atom is 0.191 e. The second-order valence-corrected chi connectivity index (χ2v) is 6.35. The van der Waals surface area contributed by atoms with Gasteiger partial charge in [0, 0.05) is 46.4 Å². The average Bonchev–Trinajstić information content (AvgIpc) is 2.66. The Kier molecular flexibility index (Phi) is 13.1. The lowest BCUT2D eigenvalue weighted by molar-refractivity contribution is 0.180. The first-order chi connectivity index (χ1) is 13.2. The van der Waals surface area contributed by atoms with E-state index in [1.807, 2.05) is 0 Å². The van der Waals surface area contributed by atoms with Crippen molar-refractivity contribution < 1.29 is 13.9 Å². The van der Waals surface area contributed by atoms with Crippen LogP contribution in [0.1, 0.15) is 26.2 Å². The predicted molar refractivity (Wildman–Crippen MR) is 109 cm³/mol. The van der Waals surface area contributed by atoms with E-state index >= 15 is 0 Å². The fourth-order valence-corrected chi connectivity index (χ4v) is 2.42. The molecule has 2 N–H and O–H groups in total. The number of aliphatic imine (C=N–C) groups is 1. The van der Waals surface area contributed by atoms with E-state index in [0.29, 0.717) is 12.4 Å². The zero-order valence-electron chi connectivity index (χ0n) is 17.0. The normalized spacial score (nSPS) is 11.7. The first-order valence-electron chi connectivity index (χ1n) is 9.73. The van der Waals surface area contributed by atoms with Crippen molar-refractivity contribution in [2.24, 2.45) is 4.99 Å². The van der Waals surface area contributed by atoms with Gasteiger partial charge in [0.15, 0.2) is 5.96 Å². The number of halogens is 1. The van der Waals surface area contributed by atoms with Crippen molar-refractivity contribution in [1.82, 2.24) is 15.5 Å². The van der Waals surface area contributed by atoms with Gasteiger partial charge >= 0.3 is 0 Å². The molecule has 27 heavy (non-hydrogen) atoms. The van der Waals surface area contributed by atoms with Gasteiger partial charge in [0.1, 0.15) is 11.6 Å². The summed E-state index contributed by atoms with van der Waals surface area (Å²) in [5.41, 5.74) is 0. The second-order valence-electron chi connectivity index (χ2n) is 6.35. The highest BCUT2D eigenvalue weighted by molar-refractivity contribution is 5.79. The van der Waals surface area contributed by atoms with Crippen molar-refractivity contribution in [3.8, 4) is 5.75 Å². The van der Waals surface area contributed by atoms with Crippen molar-refractivity contribution in [1.29, 1.82) is 0 Å².